The Morgan fingerprint density at radius 2 is 1.67 bits per heavy atom. The van der Waals surface area contributed by atoms with E-state index in [1.165, 1.54) is 39.8 Å². The second-order valence-electron chi connectivity index (χ2n) is 9.30. The van der Waals surface area contributed by atoms with Crippen molar-refractivity contribution in [2.45, 2.75) is 39.7 Å². The number of carbonyl (C=O) groups excluding carboxylic acids is 1. The van der Waals surface area contributed by atoms with E-state index >= 15 is 0 Å². The number of fused-ring (bicyclic) bond motifs is 1. The number of Topliss-reactive ketones (excluding diaryl/α,β-unsaturated/α-hetero) is 1. The van der Waals surface area contributed by atoms with E-state index in [1.54, 1.807) is 44.2 Å². The minimum absolute atomic E-state index is 0.0943. The van der Waals surface area contributed by atoms with Crippen molar-refractivity contribution in [1.82, 2.24) is 13.7 Å². The van der Waals surface area contributed by atoms with E-state index in [0.29, 0.717) is 24.1 Å². The third-order valence-corrected chi connectivity index (χ3v) is 6.67. The van der Waals surface area contributed by atoms with Gasteiger partial charge in [-0.1, -0.05) is 6.07 Å². The highest BCUT2D eigenvalue weighted by Gasteiger charge is 2.31. The maximum atomic E-state index is 14.8. The fraction of sp³-hybridized carbons (Fsp3) is 0.259. The number of ketones is 1. The summed E-state index contributed by atoms with van der Waals surface area (Å²) in [6, 6.07) is 10.8. The van der Waals surface area contributed by atoms with Crippen molar-refractivity contribution in [1.29, 1.82) is 0 Å². The second kappa shape index (κ2) is 8.44. The molecule has 0 aliphatic heterocycles. The Hall–Kier alpha value is -4.27. The van der Waals surface area contributed by atoms with E-state index in [1.807, 2.05) is 0 Å². The second-order valence-corrected chi connectivity index (χ2v) is 9.30. The molecule has 2 aromatic carbocycles. The fourth-order valence-electron chi connectivity index (χ4n) is 4.55. The van der Waals surface area contributed by atoms with Crippen LogP contribution in [-0.2, 0) is 7.05 Å². The lowest BCUT2D eigenvalue weighted by Gasteiger charge is -2.20. The van der Waals surface area contributed by atoms with Gasteiger partial charge in [-0.25, -0.2) is 9.18 Å². The monoisotopic (exact) mass is 488 g/mol. The van der Waals surface area contributed by atoms with Gasteiger partial charge in [-0.05, 0) is 75.6 Å². The van der Waals surface area contributed by atoms with E-state index in [0.717, 1.165) is 5.56 Å². The molecule has 2 heterocycles. The van der Waals surface area contributed by atoms with Crippen LogP contribution in [0.5, 0.6) is 0 Å². The van der Waals surface area contributed by atoms with E-state index in [2.05, 4.69) is 5.32 Å². The fourth-order valence-corrected chi connectivity index (χ4v) is 4.55. The molecule has 36 heavy (non-hydrogen) atoms. The largest absolute Gasteiger partial charge is 0.338 e. The third kappa shape index (κ3) is 3.67. The lowest BCUT2D eigenvalue weighted by atomic mass is 10.1. The van der Waals surface area contributed by atoms with Crippen LogP contribution in [0.3, 0.4) is 0 Å². The van der Waals surface area contributed by atoms with Gasteiger partial charge in [-0.2, -0.15) is 0 Å². The lowest BCUT2D eigenvalue weighted by molar-refractivity contribution is 0.101. The van der Waals surface area contributed by atoms with Gasteiger partial charge in [0.1, 0.15) is 17.0 Å². The molecule has 184 valence electrons. The van der Waals surface area contributed by atoms with Gasteiger partial charge in [-0.3, -0.25) is 28.1 Å². The van der Waals surface area contributed by atoms with Crippen molar-refractivity contribution in [2.75, 3.05) is 5.32 Å². The van der Waals surface area contributed by atoms with Gasteiger partial charge in [0.05, 0.1) is 16.9 Å². The summed E-state index contributed by atoms with van der Waals surface area (Å²) < 4.78 is 18.6. The van der Waals surface area contributed by atoms with Gasteiger partial charge in [0.2, 0.25) is 0 Å². The molecule has 0 unspecified atom stereocenters. The molecule has 0 radical (unpaired) electrons. The highest BCUT2D eigenvalue weighted by atomic mass is 19.1. The zero-order valence-electron chi connectivity index (χ0n) is 20.4. The molecular weight excluding hydrogens is 463 g/mol. The highest BCUT2D eigenvalue weighted by Crippen LogP contribution is 2.34. The van der Waals surface area contributed by atoms with Gasteiger partial charge >= 0.3 is 5.69 Å². The lowest BCUT2D eigenvalue weighted by Crippen LogP contribution is -2.41. The zero-order valence-corrected chi connectivity index (χ0v) is 20.4. The molecule has 5 rings (SSSR count). The summed E-state index contributed by atoms with van der Waals surface area (Å²) in [6.45, 7) is 4.76. The molecule has 1 fully saturated rings. The van der Waals surface area contributed by atoms with E-state index in [-0.39, 0.29) is 39.8 Å². The summed E-state index contributed by atoms with van der Waals surface area (Å²) in [6.07, 6.45) is 1.37. The van der Waals surface area contributed by atoms with Crippen molar-refractivity contribution in [3.8, 4) is 5.69 Å². The van der Waals surface area contributed by atoms with Crippen molar-refractivity contribution < 1.29 is 9.18 Å². The maximum absolute atomic E-state index is 14.8. The average molecular weight is 489 g/mol. The van der Waals surface area contributed by atoms with Gasteiger partial charge in [0.15, 0.2) is 5.78 Å². The van der Waals surface area contributed by atoms with Gasteiger partial charge in [-0.15, -0.1) is 0 Å². The molecule has 1 aliphatic carbocycles. The average Bonchev–Trinajstić information content (AvgIpc) is 3.67. The number of carbonyl (C=O) groups is 1. The van der Waals surface area contributed by atoms with Crippen LogP contribution in [-0.4, -0.2) is 19.5 Å². The predicted octanol–water partition coefficient (Wildman–Crippen LogP) is 3.89. The van der Waals surface area contributed by atoms with Crippen molar-refractivity contribution >= 4 is 28.2 Å². The number of rotatable bonds is 5. The summed E-state index contributed by atoms with van der Waals surface area (Å²) >= 11 is 0. The number of nitrogens with zero attached hydrogens (tertiary/aromatic N) is 3. The molecule has 1 saturated carbocycles. The summed E-state index contributed by atoms with van der Waals surface area (Å²) in [5.41, 5.74) is 0.517. The predicted molar refractivity (Wildman–Crippen MR) is 136 cm³/mol. The van der Waals surface area contributed by atoms with Crippen LogP contribution in [0.1, 0.15) is 47.3 Å². The summed E-state index contributed by atoms with van der Waals surface area (Å²) in [5.74, 6) is -0.568. The van der Waals surface area contributed by atoms with Crippen LogP contribution >= 0.6 is 0 Å². The minimum atomic E-state index is -0.561. The Bertz CT molecular complexity index is 1740. The smallest absolute Gasteiger partial charge is 0.336 e. The molecule has 1 N–H and O–H groups in total. The van der Waals surface area contributed by atoms with Crippen LogP contribution in [0.4, 0.5) is 15.9 Å². The Balaban J connectivity index is 1.91. The Morgan fingerprint density at radius 1 is 1.00 bits per heavy atom. The van der Waals surface area contributed by atoms with Crippen molar-refractivity contribution in [3.63, 3.8) is 0 Å². The first-order chi connectivity index (χ1) is 17.1. The maximum Gasteiger partial charge on any atom is 0.336 e. The molecule has 0 bridgehead atoms. The Labute approximate surface area is 205 Å². The van der Waals surface area contributed by atoms with Crippen LogP contribution in [0.25, 0.3) is 16.6 Å². The quantitative estimate of drug-likeness (QED) is 0.430. The molecule has 2 aromatic heterocycles. The first kappa shape index (κ1) is 23.5. The third-order valence-electron chi connectivity index (χ3n) is 6.67. The number of aryl methyl sites for hydroxylation is 2. The highest BCUT2D eigenvalue weighted by molar-refractivity contribution is 5.95. The van der Waals surface area contributed by atoms with Crippen LogP contribution < -0.4 is 22.1 Å². The standard InChI is InChI=1S/C27H25FN4O4/c1-14-5-12-21(20(28)13-14)29-24-22-23(15(2)25(34)30(24)4)31(18-8-6-17(7-9-18)16(3)33)27(36)32(26(22)35)19-10-11-19/h5-9,12-13,19,29H,10-11H2,1-4H3. The number of anilines is 2. The molecular formula is C27H25FN4O4. The van der Waals surface area contributed by atoms with Gasteiger partial charge in [0, 0.05) is 24.2 Å². The SMILES string of the molecule is CC(=O)c1ccc(-n2c(=O)n(C3CC3)c(=O)c3c(Nc4ccc(C)cc4F)n(C)c(=O)c(C)c32)cc1. The van der Waals surface area contributed by atoms with E-state index in [4.69, 9.17) is 0 Å². The first-order valence-corrected chi connectivity index (χ1v) is 11.7. The van der Waals surface area contributed by atoms with Gasteiger partial charge in [0.25, 0.3) is 11.1 Å². The first-order valence-electron chi connectivity index (χ1n) is 11.7. The molecule has 0 atom stereocenters. The van der Waals surface area contributed by atoms with Crippen LogP contribution in [0.15, 0.2) is 56.8 Å². The topological polar surface area (TPSA) is 95.1 Å². The molecule has 1 aliphatic rings. The van der Waals surface area contributed by atoms with Crippen molar-refractivity contribution in [3.05, 3.63) is 96.2 Å². The Morgan fingerprint density at radius 3 is 2.25 bits per heavy atom. The molecule has 0 spiro atoms. The van der Waals surface area contributed by atoms with Gasteiger partial charge < -0.3 is 5.32 Å². The number of benzene rings is 2. The number of hydrogen-bond donors (Lipinski definition) is 1. The molecule has 0 saturated heterocycles. The number of nitrogens with one attached hydrogen (secondary N) is 1. The van der Waals surface area contributed by atoms with Crippen LogP contribution in [0.2, 0.25) is 0 Å². The summed E-state index contributed by atoms with van der Waals surface area (Å²) in [4.78, 5) is 52.5. The molecule has 4 aromatic rings. The number of halogens is 1. The molecule has 0 amide bonds. The van der Waals surface area contributed by atoms with E-state index < -0.39 is 22.6 Å². The minimum Gasteiger partial charge on any atom is -0.338 e. The van der Waals surface area contributed by atoms with E-state index in [9.17, 15) is 23.6 Å². The summed E-state index contributed by atoms with van der Waals surface area (Å²) in [7, 11) is 1.50. The normalized spacial score (nSPS) is 13.2. The molecule has 8 nitrogen and oxygen atoms in total. The van der Waals surface area contributed by atoms with Crippen molar-refractivity contribution in [2.24, 2.45) is 7.05 Å². The summed E-state index contributed by atoms with van der Waals surface area (Å²) in [5, 5.41) is 3.05. The zero-order chi connectivity index (χ0) is 25.9. The Kier molecular flexibility index (Phi) is 5.50. The number of hydrogen-bond acceptors (Lipinski definition) is 5. The number of pyridine rings is 1. The number of aromatic nitrogens is 3. The van der Waals surface area contributed by atoms with Crippen LogP contribution in [0, 0.1) is 19.7 Å². The molecule has 9 heteroatoms.